The highest BCUT2D eigenvalue weighted by atomic mass is 35.5. The van der Waals surface area contributed by atoms with Gasteiger partial charge in [0.05, 0.1) is 0 Å². The molecule has 0 atom stereocenters. The van der Waals surface area contributed by atoms with Gasteiger partial charge in [0, 0.05) is 34.9 Å². The third-order valence-corrected chi connectivity index (χ3v) is 5.74. The van der Waals surface area contributed by atoms with Crippen molar-refractivity contribution >= 4 is 29.1 Å². The van der Waals surface area contributed by atoms with Gasteiger partial charge in [0.25, 0.3) is 11.8 Å². The summed E-state index contributed by atoms with van der Waals surface area (Å²) in [7, 11) is 0. The Balaban J connectivity index is 1.52. The number of anilines is 1. The summed E-state index contributed by atoms with van der Waals surface area (Å²) in [5, 5.41) is 3.56. The first kappa shape index (κ1) is 20.2. The second-order valence-corrected chi connectivity index (χ2v) is 7.95. The summed E-state index contributed by atoms with van der Waals surface area (Å²) in [6.07, 6.45) is 1.72. The highest BCUT2D eigenvalue weighted by Gasteiger charge is 2.24. The lowest BCUT2D eigenvalue weighted by Gasteiger charge is -2.30. The minimum absolute atomic E-state index is 0.00410. The van der Waals surface area contributed by atoms with Crippen LogP contribution in [0.1, 0.15) is 43.8 Å². The van der Waals surface area contributed by atoms with Gasteiger partial charge in [0.15, 0.2) is 0 Å². The Morgan fingerprint density at radius 2 is 1.83 bits per heavy atom. The Morgan fingerprint density at radius 3 is 2.63 bits per heavy atom. The van der Waals surface area contributed by atoms with Crippen molar-refractivity contribution in [2.24, 2.45) is 0 Å². The van der Waals surface area contributed by atoms with Crippen LogP contribution in [-0.2, 0) is 13.0 Å². The zero-order valence-electron chi connectivity index (χ0n) is 16.8. The number of nitrogens with zero attached hydrogens (tertiary/aromatic N) is 1. The standard InChI is InChI=1S/C25H23ClN2O2/c1-17-6-4-8-20(14-17)25(30)28-13-5-9-18-15-19(11-12-23(18)28)24(29)27-16-21-7-2-3-10-22(21)26/h2-4,6-8,10-12,14-15H,5,9,13,16H2,1H3,(H,27,29). The van der Waals surface area contributed by atoms with Crippen LogP contribution >= 0.6 is 11.6 Å². The van der Waals surface area contributed by atoms with Gasteiger partial charge < -0.3 is 10.2 Å². The van der Waals surface area contributed by atoms with E-state index in [1.165, 1.54) is 0 Å². The molecule has 0 saturated carbocycles. The Bertz CT molecular complexity index is 1110. The average molecular weight is 419 g/mol. The van der Waals surface area contributed by atoms with Crippen LogP contribution in [0.5, 0.6) is 0 Å². The topological polar surface area (TPSA) is 49.4 Å². The lowest BCUT2D eigenvalue weighted by Crippen LogP contribution is -2.35. The Kier molecular flexibility index (Phi) is 5.86. The highest BCUT2D eigenvalue weighted by molar-refractivity contribution is 6.31. The monoisotopic (exact) mass is 418 g/mol. The third kappa shape index (κ3) is 4.24. The Labute approximate surface area is 181 Å². The maximum Gasteiger partial charge on any atom is 0.258 e. The van der Waals surface area contributed by atoms with Crippen LogP contribution in [0.3, 0.4) is 0 Å². The van der Waals surface area contributed by atoms with E-state index >= 15 is 0 Å². The second kappa shape index (κ2) is 8.72. The molecule has 0 fully saturated rings. The molecule has 4 nitrogen and oxygen atoms in total. The molecule has 0 bridgehead atoms. The van der Waals surface area contributed by atoms with E-state index in [-0.39, 0.29) is 11.8 Å². The quantitative estimate of drug-likeness (QED) is 0.635. The summed E-state index contributed by atoms with van der Waals surface area (Å²) in [5.41, 5.74) is 5.11. The highest BCUT2D eigenvalue weighted by Crippen LogP contribution is 2.29. The van der Waals surface area contributed by atoms with Crippen molar-refractivity contribution in [2.75, 3.05) is 11.4 Å². The van der Waals surface area contributed by atoms with E-state index in [9.17, 15) is 9.59 Å². The number of hydrogen-bond acceptors (Lipinski definition) is 2. The van der Waals surface area contributed by atoms with Crippen molar-refractivity contribution in [1.29, 1.82) is 0 Å². The van der Waals surface area contributed by atoms with E-state index in [4.69, 9.17) is 11.6 Å². The molecular formula is C25H23ClN2O2. The van der Waals surface area contributed by atoms with Crippen LogP contribution in [0.25, 0.3) is 0 Å². The van der Waals surface area contributed by atoms with Crippen LogP contribution in [0.2, 0.25) is 5.02 Å². The molecule has 0 unspecified atom stereocenters. The normalized spacial score (nSPS) is 12.9. The molecule has 0 saturated heterocycles. The molecule has 4 rings (SSSR count). The molecule has 3 aromatic carbocycles. The van der Waals surface area contributed by atoms with E-state index in [0.717, 1.165) is 35.2 Å². The smallest absolute Gasteiger partial charge is 0.258 e. The van der Waals surface area contributed by atoms with Crippen LogP contribution in [0.15, 0.2) is 66.7 Å². The number of benzene rings is 3. The molecule has 30 heavy (non-hydrogen) atoms. The summed E-state index contributed by atoms with van der Waals surface area (Å²) in [4.78, 5) is 27.5. The van der Waals surface area contributed by atoms with Crippen molar-refractivity contribution in [3.05, 3.63) is 99.6 Å². The van der Waals surface area contributed by atoms with Crippen molar-refractivity contribution in [1.82, 2.24) is 5.32 Å². The van der Waals surface area contributed by atoms with E-state index in [1.54, 1.807) is 6.07 Å². The summed E-state index contributed by atoms with van der Waals surface area (Å²) in [6, 6.07) is 20.7. The van der Waals surface area contributed by atoms with Crippen molar-refractivity contribution in [2.45, 2.75) is 26.3 Å². The maximum atomic E-state index is 13.1. The second-order valence-electron chi connectivity index (χ2n) is 7.55. The summed E-state index contributed by atoms with van der Waals surface area (Å²) >= 11 is 6.17. The zero-order valence-corrected chi connectivity index (χ0v) is 17.6. The summed E-state index contributed by atoms with van der Waals surface area (Å²) in [5.74, 6) is -0.157. The van der Waals surface area contributed by atoms with Gasteiger partial charge in [-0.3, -0.25) is 9.59 Å². The number of aryl methyl sites for hydroxylation is 2. The molecule has 0 aromatic heterocycles. The van der Waals surface area contributed by atoms with Gasteiger partial charge in [-0.1, -0.05) is 47.5 Å². The van der Waals surface area contributed by atoms with Crippen LogP contribution < -0.4 is 10.2 Å². The number of carbonyl (C=O) groups is 2. The minimum Gasteiger partial charge on any atom is -0.348 e. The van der Waals surface area contributed by atoms with Crippen molar-refractivity contribution < 1.29 is 9.59 Å². The number of nitrogens with one attached hydrogen (secondary N) is 1. The summed E-state index contributed by atoms with van der Waals surface area (Å²) in [6.45, 7) is 3.03. The fraction of sp³-hybridized carbons (Fsp3) is 0.200. The van der Waals surface area contributed by atoms with Crippen molar-refractivity contribution in [3.8, 4) is 0 Å². The molecule has 1 aliphatic heterocycles. The number of fused-ring (bicyclic) bond motifs is 1. The van der Waals surface area contributed by atoms with Crippen LogP contribution in [0.4, 0.5) is 5.69 Å². The van der Waals surface area contributed by atoms with Gasteiger partial charge in [-0.2, -0.15) is 0 Å². The molecule has 0 radical (unpaired) electrons. The number of carbonyl (C=O) groups excluding carboxylic acids is 2. The Morgan fingerprint density at radius 1 is 1.00 bits per heavy atom. The molecule has 5 heteroatoms. The third-order valence-electron chi connectivity index (χ3n) is 5.37. The molecule has 0 aliphatic carbocycles. The largest absolute Gasteiger partial charge is 0.348 e. The zero-order chi connectivity index (χ0) is 21.1. The van der Waals surface area contributed by atoms with Gasteiger partial charge in [0.1, 0.15) is 0 Å². The predicted octanol–water partition coefficient (Wildman–Crippen LogP) is 5.17. The number of halogens is 1. The molecule has 1 aliphatic rings. The van der Waals surface area contributed by atoms with Crippen LogP contribution in [0, 0.1) is 6.92 Å². The molecule has 1 heterocycles. The van der Waals surface area contributed by atoms with Crippen LogP contribution in [-0.4, -0.2) is 18.4 Å². The van der Waals surface area contributed by atoms with Gasteiger partial charge in [0.2, 0.25) is 0 Å². The molecule has 1 N–H and O–H groups in total. The molecule has 2 amide bonds. The number of rotatable bonds is 4. The molecule has 3 aromatic rings. The van der Waals surface area contributed by atoms with E-state index in [0.29, 0.717) is 29.2 Å². The molecule has 152 valence electrons. The first-order valence-electron chi connectivity index (χ1n) is 10.1. The number of amides is 2. The van der Waals surface area contributed by atoms with E-state index in [1.807, 2.05) is 72.5 Å². The van der Waals surface area contributed by atoms with Gasteiger partial charge in [-0.15, -0.1) is 0 Å². The van der Waals surface area contributed by atoms with Gasteiger partial charge in [-0.05, 0) is 67.3 Å². The van der Waals surface area contributed by atoms with E-state index in [2.05, 4.69) is 5.32 Å². The maximum absolute atomic E-state index is 13.1. The lowest BCUT2D eigenvalue weighted by atomic mass is 9.98. The Hall–Kier alpha value is -3.11. The molecule has 0 spiro atoms. The fourth-order valence-electron chi connectivity index (χ4n) is 3.80. The van der Waals surface area contributed by atoms with E-state index < -0.39 is 0 Å². The first-order valence-corrected chi connectivity index (χ1v) is 10.4. The minimum atomic E-state index is -0.153. The molecular weight excluding hydrogens is 396 g/mol. The van der Waals surface area contributed by atoms with Gasteiger partial charge in [-0.25, -0.2) is 0 Å². The summed E-state index contributed by atoms with van der Waals surface area (Å²) < 4.78 is 0. The first-order chi connectivity index (χ1) is 14.5. The van der Waals surface area contributed by atoms with Crippen molar-refractivity contribution in [3.63, 3.8) is 0 Å². The number of hydrogen-bond donors (Lipinski definition) is 1. The van der Waals surface area contributed by atoms with Gasteiger partial charge >= 0.3 is 0 Å². The predicted molar refractivity (Wildman–Crippen MR) is 120 cm³/mol. The average Bonchev–Trinajstić information content (AvgIpc) is 2.77. The SMILES string of the molecule is Cc1cccc(C(=O)N2CCCc3cc(C(=O)NCc4ccccc4Cl)ccc32)c1. The fourth-order valence-corrected chi connectivity index (χ4v) is 4.01. The lowest BCUT2D eigenvalue weighted by molar-refractivity contribution is 0.0950.